The molecule has 0 spiro atoms. The third kappa shape index (κ3) is 17.3. The van der Waals surface area contributed by atoms with Crippen LogP contribution >= 0.6 is 0 Å². The first-order valence-corrected chi connectivity index (χ1v) is 12.1. The largest absolute Gasteiger partial charge is 0.381 e. The van der Waals surface area contributed by atoms with Crippen LogP contribution in [-0.4, -0.2) is 19.1 Å². The summed E-state index contributed by atoms with van der Waals surface area (Å²) in [6, 6.07) is 0. The second-order valence-electron chi connectivity index (χ2n) is 8.77. The van der Waals surface area contributed by atoms with E-state index in [2.05, 4.69) is 0 Å². The molecule has 3 nitrogen and oxygen atoms in total. The summed E-state index contributed by atoms with van der Waals surface area (Å²) in [4.78, 5) is 10.6. The van der Waals surface area contributed by atoms with Gasteiger partial charge in [-0.15, -0.1) is 0 Å². The summed E-state index contributed by atoms with van der Waals surface area (Å²) in [7, 11) is 0. The molecule has 2 N–H and O–H groups in total. The lowest BCUT2D eigenvalue weighted by molar-refractivity contribution is -0.118. The minimum atomic E-state index is -0.152. The number of carbonyl (C=O) groups excluding carboxylic acids is 1. The minimum absolute atomic E-state index is 0.152. The molecule has 3 heteroatoms. The highest BCUT2D eigenvalue weighted by molar-refractivity contribution is 5.73. The minimum Gasteiger partial charge on any atom is -0.381 e. The maximum Gasteiger partial charge on any atom is 0.217 e. The first-order valence-electron chi connectivity index (χ1n) is 12.1. The van der Waals surface area contributed by atoms with Crippen molar-refractivity contribution >= 4 is 5.91 Å². The van der Waals surface area contributed by atoms with Gasteiger partial charge in [0.15, 0.2) is 0 Å². The first-order chi connectivity index (χ1) is 13.3. The van der Waals surface area contributed by atoms with Crippen LogP contribution in [0.5, 0.6) is 0 Å². The van der Waals surface area contributed by atoms with Gasteiger partial charge in [0.1, 0.15) is 0 Å². The van der Waals surface area contributed by atoms with E-state index in [1.165, 1.54) is 116 Å². The van der Waals surface area contributed by atoms with E-state index in [1.807, 2.05) is 0 Å². The van der Waals surface area contributed by atoms with Crippen LogP contribution in [0.3, 0.4) is 0 Å². The Labute approximate surface area is 169 Å². The van der Waals surface area contributed by atoms with E-state index < -0.39 is 0 Å². The zero-order chi connectivity index (χ0) is 19.4. The lowest BCUT2D eigenvalue weighted by Crippen LogP contribution is -2.27. The van der Waals surface area contributed by atoms with Gasteiger partial charge < -0.3 is 10.5 Å². The van der Waals surface area contributed by atoms with Gasteiger partial charge in [0.2, 0.25) is 5.91 Å². The summed E-state index contributed by atoms with van der Waals surface area (Å²) in [6.45, 7) is 2.05. The van der Waals surface area contributed by atoms with Crippen molar-refractivity contribution in [3.63, 3.8) is 0 Å². The summed E-state index contributed by atoms with van der Waals surface area (Å²) < 4.78 is 5.22. The number of rotatable bonds is 21. The molecule has 0 saturated carbocycles. The average molecular weight is 382 g/mol. The molecule has 1 aliphatic heterocycles. The van der Waals surface area contributed by atoms with Gasteiger partial charge in [-0.3, -0.25) is 4.79 Å². The fourth-order valence-corrected chi connectivity index (χ4v) is 4.01. The van der Waals surface area contributed by atoms with Gasteiger partial charge in [-0.25, -0.2) is 0 Å². The Hall–Kier alpha value is -0.570. The molecule has 27 heavy (non-hydrogen) atoms. The molecule has 1 rings (SSSR count). The van der Waals surface area contributed by atoms with Gasteiger partial charge in [0, 0.05) is 12.3 Å². The third-order valence-corrected chi connectivity index (χ3v) is 5.99. The Morgan fingerprint density at radius 1 is 0.593 bits per heavy atom. The van der Waals surface area contributed by atoms with E-state index >= 15 is 0 Å². The molecule has 0 bridgehead atoms. The molecule has 1 heterocycles. The number of amides is 1. The van der Waals surface area contributed by atoms with Crippen LogP contribution in [0.2, 0.25) is 0 Å². The first kappa shape index (κ1) is 24.5. The van der Waals surface area contributed by atoms with Crippen molar-refractivity contribution in [3.05, 3.63) is 0 Å². The Bertz CT molecular complexity index is 328. The monoisotopic (exact) mass is 381 g/mol. The molecule has 0 radical (unpaired) electrons. The van der Waals surface area contributed by atoms with Crippen LogP contribution in [0.25, 0.3) is 0 Å². The summed E-state index contributed by atoms with van der Waals surface area (Å²) in [5.74, 6) is 0.741. The quantitative estimate of drug-likeness (QED) is 0.219. The van der Waals surface area contributed by atoms with E-state index in [1.54, 1.807) is 0 Å². The second-order valence-corrected chi connectivity index (χ2v) is 8.77. The molecule has 0 aromatic carbocycles. The van der Waals surface area contributed by atoms with Crippen molar-refractivity contribution in [2.45, 2.75) is 128 Å². The maximum atomic E-state index is 10.6. The summed E-state index contributed by atoms with van der Waals surface area (Å²) >= 11 is 0. The fraction of sp³-hybridized carbons (Fsp3) is 0.958. The highest BCUT2D eigenvalue weighted by Crippen LogP contribution is 2.19. The SMILES string of the molecule is NC(=O)CCCCCCCCCCCCCCCCCCCCC1COC1. The lowest BCUT2D eigenvalue weighted by atomic mass is 9.98. The van der Waals surface area contributed by atoms with Gasteiger partial charge in [0.25, 0.3) is 0 Å². The van der Waals surface area contributed by atoms with Gasteiger partial charge in [-0.2, -0.15) is 0 Å². The fourth-order valence-electron chi connectivity index (χ4n) is 4.01. The number of ether oxygens (including phenoxy) is 1. The van der Waals surface area contributed by atoms with E-state index in [0.717, 1.165) is 25.6 Å². The highest BCUT2D eigenvalue weighted by atomic mass is 16.5. The van der Waals surface area contributed by atoms with Gasteiger partial charge in [-0.1, -0.05) is 109 Å². The van der Waals surface area contributed by atoms with Crippen molar-refractivity contribution in [2.75, 3.05) is 13.2 Å². The zero-order valence-electron chi connectivity index (χ0n) is 18.0. The summed E-state index contributed by atoms with van der Waals surface area (Å²) in [5, 5.41) is 0. The Balaban J connectivity index is 1.61. The topological polar surface area (TPSA) is 52.3 Å². The molecule has 0 aliphatic carbocycles. The molecule has 0 aromatic rings. The number of hydrogen-bond donors (Lipinski definition) is 1. The Morgan fingerprint density at radius 2 is 0.926 bits per heavy atom. The van der Waals surface area contributed by atoms with Crippen LogP contribution in [0.4, 0.5) is 0 Å². The van der Waals surface area contributed by atoms with Crippen molar-refractivity contribution in [1.82, 2.24) is 0 Å². The van der Waals surface area contributed by atoms with Gasteiger partial charge >= 0.3 is 0 Å². The average Bonchev–Trinajstić information content (AvgIpc) is 2.61. The van der Waals surface area contributed by atoms with E-state index in [0.29, 0.717) is 6.42 Å². The molecule has 1 fully saturated rings. The predicted molar refractivity (Wildman–Crippen MR) is 116 cm³/mol. The number of carbonyl (C=O) groups is 1. The number of nitrogens with two attached hydrogens (primary N) is 1. The molecule has 0 atom stereocenters. The standard InChI is InChI=1S/C24H47NO2/c25-24(26)20-18-16-14-12-10-8-6-4-2-1-3-5-7-9-11-13-15-17-19-23-21-27-22-23/h23H,1-22H2,(H2,25,26). The Kier molecular flexibility index (Phi) is 17.0. The second kappa shape index (κ2) is 18.8. The molecule has 0 aromatic heterocycles. The molecule has 1 saturated heterocycles. The number of hydrogen-bond acceptors (Lipinski definition) is 2. The Morgan fingerprint density at radius 3 is 1.22 bits per heavy atom. The molecule has 1 aliphatic rings. The van der Waals surface area contributed by atoms with Gasteiger partial charge in [0.05, 0.1) is 13.2 Å². The molecule has 160 valence electrons. The summed E-state index contributed by atoms with van der Waals surface area (Å²) in [5.41, 5.74) is 5.14. The van der Waals surface area contributed by atoms with Crippen molar-refractivity contribution < 1.29 is 9.53 Å². The number of unbranched alkanes of at least 4 members (excludes halogenated alkanes) is 17. The van der Waals surface area contributed by atoms with Gasteiger partial charge in [-0.05, 0) is 12.8 Å². The van der Waals surface area contributed by atoms with Crippen LogP contribution in [0, 0.1) is 5.92 Å². The highest BCUT2D eigenvalue weighted by Gasteiger charge is 2.16. The predicted octanol–water partition coefficient (Wildman–Crippen LogP) is 6.92. The van der Waals surface area contributed by atoms with E-state index in [-0.39, 0.29) is 5.91 Å². The van der Waals surface area contributed by atoms with Crippen molar-refractivity contribution in [2.24, 2.45) is 11.7 Å². The van der Waals surface area contributed by atoms with E-state index in [9.17, 15) is 4.79 Å². The van der Waals surface area contributed by atoms with Crippen LogP contribution in [0.15, 0.2) is 0 Å². The zero-order valence-corrected chi connectivity index (χ0v) is 18.0. The maximum absolute atomic E-state index is 10.6. The molecular formula is C24H47NO2. The van der Waals surface area contributed by atoms with Crippen LogP contribution in [0.1, 0.15) is 128 Å². The van der Waals surface area contributed by atoms with Crippen molar-refractivity contribution in [1.29, 1.82) is 0 Å². The molecular weight excluding hydrogens is 334 g/mol. The van der Waals surface area contributed by atoms with Crippen LogP contribution in [-0.2, 0) is 9.53 Å². The van der Waals surface area contributed by atoms with E-state index in [4.69, 9.17) is 10.5 Å². The lowest BCUT2D eigenvalue weighted by Gasteiger charge is -2.25. The smallest absolute Gasteiger partial charge is 0.217 e. The third-order valence-electron chi connectivity index (χ3n) is 5.99. The summed E-state index contributed by atoms with van der Waals surface area (Å²) in [6.07, 6.45) is 26.7. The van der Waals surface area contributed by atoms with Crippen molar-refractivity contribution in [3.8, 4) is 0 Å². The normalized spacial score (nSPS) is 14.4. The van der Waals surface area contributed by atoms with Crippen LogP contribution < -0.4 is 5.73 Å². The molecule has 1 amide bonds. The molecule has 0 unspecified atom stereocenters. The number of primary amides is 1.